The summed E-state index contributed by atoms with van der Waals surface area (Å²) >= 11 is 0. The zero-order chi connectivity index (χ0) is 18.1. The fourth-order valence-corrected chi connectivity index (χ4v) is 3.33. The van der Waals surface area contributed by atoms with Gasteiger partial charge >= 0.3 is 0 Å². The first-order valence-corrected chi connectivity index (χ1v) is 8.77. The lowest BCUT2D eigenvalue weighted by Crippen LogP contribution is -2.27. The normalized spacial score (nSPS) is 14.4. The van der Waals surface area contributed by atoms with Crippen LogP contribution >= 0.6 is 0 Å². The number of aromatic nitrogens is 3. The van der Waals surface area contributed by atoms with Crippen molar-refractivity contribution in [3.63, 3.8) is 0 Å². The minimum atomic E-state index is 0.0574. The summed E-state index contributed by atoms with van der Waals surface area (Å²) in [5.41, 5.74) is 3.28. The minimum absolute atomic E-state index is 0.0574. The summed E-state index contributed by atoms with van der Waals surface area (Å²) in [7, 11) is 2.08. The van der Waals surface area contributed by atoms with Gasteiger partial charge in [-0.3, -0.25) is 9.36 Å². The van der Waals surface area contributed by atoms with Gasteiger partial charge in [0.25, 0.3) is 5.56 Å². The Kier molecular flexibility index (Phi) is 4.27. The molecule has 2 aromatic heterocycles. The molecule has 0 amide bonds. The van der Waals surface area contributed by atoms with Gasteiger partial charge in [0, 0.05) is 37.8 Å². The smallest absolute Gasteiger partial charge is 0.261 e. The molecule has 3 aromatic rings. The maximum atomic E-state index is 13.0. The lowest BCUT2D eigenvalue weighted by molar-refractivity contribution is 0.341. The summed E-state index contributed by atoms with van der Waals surface area (Å²) in [5.74, 6) is 7.07. The van der Waals surface area contributed by atoms with E-state index in [1.807, 2.05) is 41.8 Å². The quantitative estimate of drug-likeness (QED) is 0.585. The van der Waals surface area contributed by atoms with Crippen LogP contribution in [0.1, 0.15) is 22.6 Å². The summed E-state index contributed by atoms with van der Waals surface area (Å²) in [4.78, 5) is 24.3. The molecule has 0 saturated heterocycles. The number of hydrogen-bond acceptors (Lipinski definition) is 4. The molecule has 0 aliphatic carbocycles. The topological polar surface area (TPSA) is 51.0 Å². The fourth-order valence-electron chi connectivity index (χ4n) is 3.33. The summed E-state index contributed by atoms with van der Waals surface area (Å²) in [5, 5.41) is 0.696. The Hall–Kier alpha value is -2.97. The van der Waals surface area contributed by atoms with Crippen molar-refractivity contribution in [3.8, 4) is 11.8 Å². The van der Waals surface area contributed by atoms with Crippen molar-refractivity contribution in [1.29, 1.82) is 0 Å². The zero-order valence-electron chi connectivity index (χ0n) is 15.0. The van der Waals surface area contributed by atoms with Crippen LogP contribution in [0.15, 0.2) is 41.3 Å². The SMILES string of the molecule is Cc1cc(C#Cc2ccccn2)cc2nc3n(c(=O)c12)CCN(C)CC3. The van der Waals surface area contributed by atoms with Gasteiger partial charge in [-0.1, -0.05) is 12.0 Å². The third kappa shape index (κ3) is 3.12. The van der Waals surface area contributed by atoms with Crippen molar-refractivity contribution in [2.75, 3.05) is 20.1 Å². The second-order valence-corrected chi connectivity index (χ2v) is 6.69. The number of hydrogen-bond donors (Lipinski definition) is 0. The lowest BCUT2D eigenvalue weighted by Gasteiger charge is -2.12. The van der Waals surface area contributed by atoms with Gasteiger partial charge < -0.3 is 4.90 Å². The lowest BCUT2D eigenvalue weighted by atomic mass is 10.1. The van der Waals surface area contributed by atoms with Crippen LogP contribution in [-0.4, -0.2) is 39.6 Å². The summed E-state index contributed by atoms with van der Waals surface area (Å²) in [6.07, 6.45) is 2.51. The van der Waals surface area contributed by atoms with Crippen LogP contribution in [0, 0.1) is 18.8 Å². The molecule has 0 radical (unpaired) electrons. The number of fused-ring (bicyclic) bond motifs is 2. The number of benzene rings is 1. The summed E-state index contributed by atoms with van der Waals surface area (Å²) in [6, 6.07) is 9.53. The van der Waals surface area contributed by atoms with Crippen LogP contribution in [0.25, 0.3) is 10.9 Å². The molecule has 0 N–H and O–H groups in total. The van der Waals surface area contributed by atoms with Crippen LogP contribution in [0.3, 0.4) is 0 Å². The Morgan fingerprint density at radius 2 is 2.00 bits per heavy atom. The number of nitrogens with zero attached hydrogens (tertiary/aromatic N) is 4. The molecule has 0 spiro atoms. The monoisotopic (exact) mass is 344 g/mol. The van der Waals surface area contributed by atoms with Gasteiger partial charge in [-0.25, -0.2) is 9.97 Å². The maximum Gasteiger partial charge on any atom is 0.261 e. The number of likely N-dealkylation sites (N-methyl/N-ethyl adjacent to an activating group) is 1. The third-order valence-electron chi connectivity index (χ3n) is 4.76. The van der Waals surface area contributed by atoms with Crippen molar-refractivity contribution in [3.05, 3.63) is 69.5 Å². The maximum absolute atomic E-state index is 13.0. The van der Waals surface area contributed by atoms with E-state index in [0.717, 1.165) is 47.7 Å². The van der Waals surface area contributed by atoms with E-state index in [-0.39, 0.29) is 5.56 Å². The highest BCUT2D eigenvalue weighted by molar-refractivity contribution is 5.83. The number of aryl methyl sites for hydroxylation is 1. The predicted molar refractivity (Wildman–Crippen MR) is 102 cm³/mol. The van der Waals surface area contributed by atoms with Crippen LogP contribution in [-0.2, 0) is 13.0 Å². The van der Waals surface area contributed by atoms with E-state index in [1.54, 1.807) is 6.20 Å². The van der Waals surface area contributed by atoms with E-state index in [4.69, 9.17) is 4.98 Å². The molecule has 0 atom stereocenters. The molecule has 0 saturated carbocycles. The van der Waals surface area contributed by atoms with Crippen LogP contribution < -0.4 is 5.56 Å². The molecule has 26 heavy (non-hydrogen) atoms. The standard InChI is InChI=1S/C21H20N4O/c1-15-13-16(6-7-17-5-3-4-9-22-17)14-18-20(15)21(26)25-12-11-24(2)10-8-19(25)23-18/h3-5,9,13-14H,8,10-12H2,1-2H3. The first kappa shape index (κ1) is 16.5. The molecule has 1 aliphatic rings. The Labute approximate surface area is 152 Å². The van der Waals surface area contributed by atoms with Crippen LogP contribution in [0.5, 0.6) is 0 Å². The van der Waals surface area contributed by atoms with Gasteiger partial charge in [-0.05, 0) is 49.7 Å². The van der Waals surface area contributed by atoms with E-state index in [9.17, 15) is 4.79 Å². The van der Waals surface area contributed by atoms with Crippen LogP contribution in [0.2, 0.25) is 0 Å². The highest BCUT2D eigenvalue weighted by Gasteiger charge is 2.17. The Bertz CT molecular complexity index is 1090. The van der Waals surface area contributed by atoms with E-state index in [2.05, 4.69) is 28.8 Å². The molecule has 0 fully saturated rings. The molecule has 1 aromatic carbocycles. The summed E-state index contributed by atoms with van der Waals surface area (Å²) < 4.78 is 1.83. The highest BCUT2D eigenvalue weighted by atomic mass is 16.1. The minimum Gasteiger partial charge on any atom is -0.304 e. The van der Waals surface area contributed by atoms with Gasteiger partial charge in [0.15, 0.2) is 0 Å². The van der Waals surface area contributed by atoms with Gasteiger partial charge in [0.2, 0.25) is 0 Å². The first-order chi connectivity index (χ1) is 12.6. The largest absolute Gasteiger partial charge is 0.304 e. The first-order valence-electron chi connectivity index (χ1n) is 8.77. The van der Waals surface area contributed by atoms with E-state index >= 15 is 0 Å². The molecule has 3 heterocycles. The Morgan fingerprint density at radius 3 is 2.81 bits per heavy atom. The Balaban J connectivity index is 1.83. The van der Waals surface area contributed by atoms with Crippen molar-refractivity contribution in [2.24, 2.45) is 0 Å². The molecule has 130 valence electrons. The molecule has 4 rings (SSSR count). The molecule has 0 bridgehead atoms. The molecule has 5 heteroatoms. The molecular weight excluding hydrogens is 324 g/mol. The van der Waals surface area contributed by atoms with E-state index < -0.39 is 0 Å². The average Bonchev–Trinajstić information content (AvgIpc) is 2.83. The summed E-state index contributed by atoms with van der Waals surface area (Å²) in [6.45, 7) is 4.42. The molecule has 0 unspecified atom stereocenters. The second-order valence-electron chi connectivity index (χ2n) is 6.69. The molecule has 5 nitrogen and oxygen atoms in total. The predicted octanol–water partition coefficient (Wildman–Crippen LogP) is 1.99. The highest BCUT2D eigenvalue weighted by Crippen LogP contribution is 2.17. The second kappa shape index (κ2) is 6.74. The third-order valence-corrected chi connectivity index (χ3v) is 4.76. The van der Waals surface area contributed by atoms with Crippen molar-refractivity contribution < 1.29 is 0 Å². The van der Waals surface area contributed by atoms with Gasteiger partial charge in [0.1, 0.15) is 11.5 Å². The van der Waals surface area contributed by atoms with Gasteiger partial charge in [-0.2, -0.15) is 0 Å². The fraction of sp³-hybridized carbons (Fsp3) is 0.286. The van der Waals surface area contributed by atoms with Crippen LogP contribution in [0.4, 0.5) is 0 Å². The van der Waals surface area contributed by atoms with Crippen molar-refractivity contribution in [2.45, 2.75) is 19.9 Å². The van der Waals surface area contributed by atoms with E-state index in [1.165, 1.54) is 0 Å². The molecule has 1 aliphatic heterocycles. The van der Waals surface area contributed by atoms with E-state index in [0.29, 0.717) is 11.9 Å². The van der Waals surface area contributed by atoms with Gasteiger partial charge in [-0.15, -0.1) is 0 Å². The molecular formula is C21H20N4O. The number of rotatable bonds is 0. The average molecular weight is 344 g/mol. The number of pyridine rings is 1. The zero-order valence-corrected chi connectivity index (χ0v) is 15.0. The Morgan fingerprint density at radius 1 is 1.12 bits per heavy atom. The van der Waals surface area contributed by atoms with Gasteiger partial charge in [0.05, 0.1) is 10.9 Å². The van der Waals surface area contributed by atoms with Crippen molar-refractivity contribution >= 4 is 10.9 Å². The van der Waals surface area contributed by atoms with Crippen molar-refractivity contribution in [1.82, 2.24) is 19.4 Å².